The van der Waals surface area contributed by atoms with Gasteiger partial charge in [-0.15, -0.1) is 0 Å². The quantitative estimate of drug-likeness (QED) is 0.277. The van der Waals surface area contributed by atoms with Crippen LogP contribution in [0.3, 0.4) is 0 Å². The van der Waals surface area contributed by atoms with Gasteiger partial charge >= 0.3 is 0 Å². The lowest BCUT2D eigenvalue weighted by molar-refractivity contribution is -0.121. The zero-order valence-electron chi connectivity index (χ0n) is 16.7. The minimum absolute atomic E-state index is 0.0881. The predicted octanol–water partition coefficient (Wildman–Crippen LogP) is 4.38. The Morgan fingerprint density at radius 2 is 1.33 bits per heavy atom. The van der Waals surface area contributed by atoms with Gasteiger partial charge in [0, 0.05) is 13.0 Å². The lowest BCUT2D eigenvalue weighted by atomic mass is 10.2. The van der Waals surface area contributed by atoms with Gasteiger partial charge in [-0.05, 0) is 44.9 Å². The molecule has 0 saturated heterocycles. The molecule has 1 unspecified atom stereocenters. The number of allylic oxidation sites excluding steroid dienone is 10. The molecule has 4 heteroatoms. The van der Waals surface area contributed by atoms with E-state index in [1.807, 2.05) is 0 Å². The van der Waals surface area contributed by atoms with E-state index in [2.05, 4.69) is 73.0 Å². The SMILES string of the molecule is CCC=CCC=CCC=CCC=CCC=CCCCC(=O)NCC(O)CO. The molecule has 0 radical (unpaired) electrons. The normalized spacial score (nSPS) is 13.7. The van der Waals surface area contributed by atoms with Gasteiger partial charge in [0.1, 0.15) is 0 Å². The Morgan fingerprint density at radius 3 is 1.81 bits per heavy atom. The third kappa shape index (κ3) is 20.3. The van der Waals surface area contributed by atoms with Gasteiger partial charge in [0.15, 0.2) is 0 Å². The van der Waals surface area contributed by atoms with Crippen molar-refractivity contribution in [2.45, 2.75) is 64.4 Å². The maximum atomic E-state index is 11.5. The summed E-state index contributed by atoms with van der Waals surface area (Å²) in [6.45, 7) is 1.92. The summed E-state index contributed by atoms with van der Waals surface area (Å²) in [5.41, 5.74) is 0. The summed E-state index contributed by atoms with van der Waals surface area (Å²) in [5, 5.41) is 20.4. The summed E-state index contributed by atoms with van der Waals surface area (Å²) in [7, 11) is 0. The molecule has 152 valence electrons. The number of amides is 1. The first kappa shape index (κ1) is 25.1. The molecule has 1 atom stereocenters. The maximum Gasteiger partial charge on any atom is 0.220 e. The Morgan fingerprint density at radius 1 is 0.852 bits per heavy atom. The molecule has 0 aromatic heterocycles. The molecule has 0 heterocycles. The van der Waals surface area contributed by atoms with Crippen molar-refractivity contribution in [3.63, 3.8) is 0 Å². The second kappa shape index (κ2) is 20.4. The van der Waals surface area contributed by atoms with Crippen LogP contribution < -0.4 is 5.32 Å². The minimum atomic E-state index is -0.875. The first-order chi connectivity index (χ1) is 13.2. The predicted molar refractivity (Wildman–Crippen MR) is 114 cm³/mol. The average molecular weight is 376 g/mol. The number of aliphatic hydroxyl groups is 2. The number of rotatable bonds is 16. The van der Waals surface area contributed by atoms with Crippen molar-refractivity contribution >= 4 is 5.91 Å². The Labute approximate surface area is 165 Å². The molecule has 4 nitrogen and oxygen atoms in total. The molecular formula is C23H37NO3. The van der Waals surface area contributed by atoms with E-state index >= 15 is 0 Å². The van der Waals surface area contributed by atoms with Gasteiger partial charge in [0.25, 0.3) is 0 Å². The summed E-state index contributed by atoms with van der Waals surface area (Å²) in [5.74, 6) is -0.0881. The van der Waals surface area contributed by atoms with Crippen molar-refractivity contribution in [3.05, 3.63) is 60.8 Å². The van der Waals surface area contributed by atoms with E-state index in [1.54, 1.807) is 0 Å². The lowest BCUT2D eigenvalue weighted by Gasteiger charge is -2.08. The molecule has 0 aliphatic heterocycles. The van der Waals surface area contributed by atoms with Gasteiger partial charge in [0.2, 0.25) is 5.91 Å². The largest absolute Gasteiger partial charge is 0.394 e. The number of nitrogens with one attached hydrogen (secondary N) is 1. The highest BCUT2D eigenvalue weighted by molar-refractivity contribution is 5.75. The Bertz CT molecular complexity index is 490. The van der Waals surface area contributed by atoms with Crippen molar-refractivity contribution in [3.8, 4) is 0 Å². The first-order valence-electron chi connectivity index (χ1n) is 10.0. The van der Waals surface area contributed by atoms with Crippen molar-refractivity contribution in [2.24, 2.45) is 0 Å². The first-order valence-corrected chi connectivity index (χ1v) is 10.0. The molecule has 1 amide bonds. The van der Waals surface area contributed by atoms with Crippen LogP contribution in [0.5, 0.6) is 0 Å². The van der Waals surface area contributed by atoms with E-state index in [4.69, 9.17) is 10.2 Å². The van der Waals surface area contributed by atoms with Crippen LogP contribution in [-0.4, -0.2) is 35.4 Å². The molecule has 27 heavy (non-hydrogen) atoms. The second-order valence-electron chi connectivity index (χ2n) is 6.24. The molecule has 0 aliphatic carbocycles. The van der Waals surface area contributed by atoms with Gasteiger partial charge in [0.05, 0.1) is 12.7 Å². The van der Waals surface area contributed by atoms with E-state index < -0.39 is 6.10 Å². The highest BCUT2D eigenvalue weighted by atomic mass is 16.3. The van der Waals surface area contributed by atoms with Crippen LogP contribution in [-0.2, 0) is 4.79 Å². The molecule has 0 spiro atoms. The third-order valence-corrected chi connectivity index (χ3v) is 3.68. The molecule has 0 rings (SSSR count). The number of hydrogen-bond donors (Lipinski definition) is 3. The van der Waals surface area contributed by atoms with Gasteiger partial charge in [-0.2, -0.15) is 0 Å². The van der Waals surface area contributed by atoms with E-state index in [-0.39, 0.29) is 19.1 Å². The highest BCUT2D eigenvalue weighted by Crippen LogP contribution is 1.99. The smallest absolute Gasteiger partial charge is 0.220 e. The second-order valence-corrected chi connectivity index (χ2v) is 6.24. The van der Waals surface area contributed by atoms with Gasteiger partial charge in [-0.25, -0.2) is 0 Å². The fraction of sp³-hybridized carbons (Fsp3) is 0.522. The van der Waals surface area contributed by atoms with E-state index in [0.717, 1.165) is 44.9 Å². The maximum absolute atomic E-state index is 11.5. The van der Waals surface area contributed by atoms with Crippen molar-refractivity contribution in [1.82, 2.24) is 5.32 Å². The van der Waals surface area contributed by atoms with Crippen LogP contribution in [0, 0.1) is 0 Å². The zero-order valence-corrected chi connectivity index (χ0v) is 16.7. The fourth-order valence-corrected chi connectivity index (χ4v) is 2.13. The summed E-state index contributed by atoms with van der Waals surface area (Å²) in [4.78, 5) is 11.5. The monoisotopic (exact) mass is 375 g/mol. The Balaban J connectivity index is 3.53. The molecule has 3 N–H and O–H groups in total. The van der Waals surface area contributed by atoms with Crippen LogP contribution in [0.1, 0.15) is 58.3 Å². The van der Waals surface area contributed by atoms with E-state index in [1.165, 1.54) is 0 Å². The molecular weight excluding hydrogens is 338 g/mol. The Kier molecular flexibility index (Phi) is 19.0. The van der Waals surface area contributed by atoms with Crippen molar-refractivity contribution in [2.75, 3.05) is 13.2 Å². The van der Waals surface area contributed by atoms with E-state index in [0.29, 0.717) is 6.42 Å². The van der Waals surface area contributed by atoms with Crippen LogP contribution >= 0.6 is 0 Å². The number of carbonyl (C=O) groups excluding carboxylic acids is 1. The topological polar surface area (TPSA) is 69.6 Å². The number of hydrogen-bond acceptors (Lipinski definition) is 3. The summed E-state index contributed by atoms with van der Waals surface area (Å²) in [6, 6.07) is 0. The summed E-state index contributed by atoms with van der Waals surface area (Å²) in [6.07, 6.45) is 27.8. The molecule has 0 aromatic carbocycles. The number of unbranched alkanes of at least 4 members (excludes halogenated alkanes) is 1. The number of aliphatic hydroxyl groups excluding tert-OH is 2. The molecule has 0 fully saturated rings. The summed E-state index contributed by atoms with van der Waals surface area (Å²) < 4.78 is 0. The summed E-state index contributed by atoms with van der Waals surface area (Å²) >= 11 is 0. The Hall–Kier alpha value is -1.91. The molecule has 0 aliphatic rings. The number of carbonyl (C=O) groups is 1. The standard InChI is InChI=1S/C23H37NO3/c1-2-3-4-5-6-7-8-9-10-11-12-13-14-15-16-17-18-19-23(27)24-20-22(26)21-25/h3-4,6-7,9-10,12-13,15-16,22,25-26H,2,5,8,11,14,17-21H2,1H3,(H,24,27). The lowest BCUT2D eigenvalue weighted by Crippen LogP contribution is -2.33. The van der Waals surface area contributed by atoms with Gasteiger partial charge in [-0.3, -0.25) is 4.79 Å². The average Bonchev–Trinajstić information content (AvgIpc) is 2.68. The third-order valence-electron chi connectivity index (χ3n) is 3.68. The van der Waals surface area contributed by atoms with Gasteiger partial charge in [-0.1, -0.05) is 67.7 Å². The van der Waals surface area contributed by atoms with Crippen molar-refractivity contribution < 1.29 is 15.0 Å². The van der Waals surface area contributed by atoms with Crippen LogP contribution in [0.15, 0.2) is 60.8 Å². The minimum Gasteiger partial charge on any atom is -0.394 e. The van der Waals surface area contributed by atoms with Crippen LogP contribution in [0.4, 0.5) is 0 Å². The van der Waals surface area contributed by atoms with Gasteiger partial charge < -0.3 is 15.5 Å². The molecule has 0 bridgehead atoms. The van der Waals surface area contributed by atoms with Crippen LogP contribution in [0.25, 0.3) is 0 Å². The highest BCUT2D eigenvalue weighted by Gasteiger charge is 2.04. The van der Waals surface area contributed by atoms with E-state index in [9.17, 15) is 4.79 Å². The molecule has 0 saturated carbocycles. The molecule has 0 aromatic rings. The van der Waals surface area contributed by atoms with Crippen molar-refractivity contribution in [1.29, 1.82) is 0 Å². The zero-order chi connectivity index (χ0) is 20.0. The van der Waals surface area contributed by atoms with Crippen LogP contribution in [0.2, 0.25) is 0 Å². The fourth-order valence-electron chi connectivity index (χ4n) is 2.13.